The number of anilines is 2. The van der Waals surface area contributed by atoms with E-state index in [-0.39, 0.29) is 11.9 Å². The van der Waals surface area contributed by atoms with Gasteiger partial charge in [0.2, 0.25) is 23.5 Å². The minimum Gasteiger partial charge on any atom is -0.461 e. The van der Waals surface area contributed by atoms with Gasteiger partial charge in [-0.15, -0.1) is 11.6 Å². The first-order valence-corrected chi connectivity index (χ1v) is 18.8. The van der Waals surface area contributed by atoms with Crippen molar-refractivity contribution in [3.8, 4) is 23.2 Å². The van der Waals surface area contributed by atoms with Crippen molar-refractivity contribution in [2.45, 2.75) is 58.9 Å². The molecule has 0 radical (unpaired) electrons. The summed E-state index contributed by atoms with van der Waals surface area (Å²) < 4.78 is 14.4. The Labute approximate surface area is 328 Å². The number of hydrogen-bond acceptors (Lipinski definition) is 14. The van der Waals surface area contributed by atoms with Gasteiger partial charge in [-0.25, -0.2) is 0 Å². The van der Waals surface area contributed by atoms with Gasteiger partial charge in [-0.2, -0.15) is 39.2 Å². The molecule has 0 aliphatic heterocycles. The molecular formula is C39H45ClN14O2. The van der Waals surface area contributed by atoms with Crippen molar-refractivity contribution in [1.29, 1.82) is 0 Å². The van der Waals surface area contributed by atoms with Gasteiger partial charge in [-0.1, -0.05) is 26.0 Å². The Hall–Kier alpha value is -6.23. The Balaban J connectivity index is 0.000000174. The smallest absolute Gasteiger partial charge is 0.224 e. The van der Waals surface area contributed by atoms with E-state index in [9.17, 15) is 0 Å². The number of nitrogens with two attached hydrogens (primary N) is 3. The second kappa shape index (κ2) is 18.9. The fourth-order valence-electron chi connectivity index (χ4n) is 5.62. The molecule has 0 bridgehead atoms. The first-order valence-electron chi connectivity index (χ1n) is 18.3. The number of furan rings is 2. The molecule has 0 fully saturated rings. The Morgan fingerprint density at radius 1 is 0.679 bits per heavy atom. The lowest BCUT2D eigenvalue weighted by molar-refractivity contribution is 0.541. The average molecular weight is 777 g/mol. The molecule has 8 heterocycles. The highest BCUT2D eigenvalue weighted by Crippen LogP contribution is 2.24. The summed E-state index contributed by atoms with van der Waals surface area (Å²) in [7, 11) is 0. The van der Waals surface area contributed by atoms with Crippen molar-refractivity contribution in [2.24, 2.45) is 5.73 Å². The minimum atomic E-state index is 0.167. The summed E-state index contributed by atoms with van der Waals surface area (Å²) in [4.78, 5) is 26.5. The molecule has 0 amide bonds. The zero-order valence-electron chi connectivity index (χ0n) is 31.6. The third kappa shape index (κ3) is 9.70. The van der Waals surface area contributed by atoms with Gasteiger partial charge in [0.25, 0.3) is 0 Å². The summed E-state index contributed by atoms with van der Waals surface area (Å²) in [6, 6.07) is 19.1. The maximum absolute atomic E-state index is 5.92. The van der Waals surface area contributed by atoms with Gasteiger partial charge >= 0.3 is 0 Å². The predicted octanol–water partition coefficient (Wildman–Crippen LogP) is 5.81. The summed E-state index contributed by atoms with van der Waals surface area (Å²) in [5.74, 6) is 3.74. The largest absolute Gasteiger partial charge is 0.461 e. The first kappa shape index (κ1) is 39.5. The van der Waals surface area contributed by atoms with Gasteiger partial charge in [-0.3, -0.25) is 9.97 Å². The van der Waals surface area contributed by atoms with E-state index in [1.54, 1.807) is 33.8 Å². The van der Waals surface area contributed by atoms with E-state index in [2.05, 4.69) is 54.3 Å². The summed E-state index contributed by atoms with van der Waals surface area (Å²) in [5, 5.41) is 12.2. The van der Waals surface area contributed by atoms with Crippen molar-refractivity contribution in [3.63, 3.8) is 0 Å². The highest BCUT2D eigenvalue weighted by atomic mass is 35.5. The SMILES string of the molecule is CCCN.CCCNCc1cccc(Cc2cnn3c(-c4ccco4)nc(N)nc23)n1.Cc1ccc(-c2nc(N)nc3c(Cc4cccc(CCl)n4)cnn23)o1. The number of aromatic nitrogens is 10. The number of nitrogen functional groups attached to an aromatic ring is 2. The topological polar surface area (TPSA) is 228 Å². The Kier molecular flexibility index (Phi) is 13.3. The maximum atomic E-state index is 5.92. The zero-order valence-corrected chi connectivity index (χ0v) is 32.3. The van der Waals surface area contributed by atoms with Gasteiger partial charge in [0.1, 0.15) is 5.76 Å². The molecule has 17 heteroatoms. The fourth-order valence-corrected chi connectivity index (χ4v) is 5.77. The molecule has 0 saturated heterocycles. The molecule has 0 saturated carbocycles. The van der Waals surface area contributed by atoms with Crippen LogP contribution in [0.1, 0.15) is 66.4 Å². The molecule has 0 unspecified atom stereocenters. The summed E-state index contributed by atoms with van der Waals surface area (Å²) in [5.41, 5.74) is 23.7. The van der Waals surface area contributed by atoms with E-state index in [0.717, 1.165) is 72.1 Å². The quantitative estimate of drug-likeness (QED) is 0.0849. The summed E-state index contributed by atoms with van der Waals surface area (Å²) in [6.07, 6.45) is 8.49. The van der Waals surface area contributed by atoms with Crippen LogP contribution in [0.25, 0.3) is 34.5 Å². The summed E-state index contributed by atoms with van der Waals surface area (Å²) >= 11 is 5.86. The lowest BCUT2D eigenvalue weighted by Gasteiger charge is -2.06. The zero-order chi connectivity index (χ0) is 39.4. The Morgan fingerprint density at radius 2 is 1.25 bits per heavy atom. The summed E-state index contributed by atoms with van der Waals surface area (Å²) in [6.45, 7) is 8.63. The number of fused-ring (bicyclic) bond motifs is 2. The Bertz CT molecular complexity index is 2470. The van der Waals surface area contributed by atoms with Crippen LogP contribution in [0.4, 0.5) is 11.9 Å². The molecule has 16 nitrogen and oxygen atoms in total. The van der Waals surface area contributed by atoms with Crippen molar-refractivity contribution in [3.05, 3.63) is 119 Å². The molecule has 56 heavy (non-hydrogen) atoms. The van der Waals surface area contributed by atoms with Crippen LogP contribution in [0.5, 0.6) is 0 Å². The Morgan fingerprint density at radius 3 is 1.77 bits per heavy atom. The molecule has 0 aromatic carbocycles. The van der Waals surface area contributed by atoms with Crippen LogP contribution < -0.4 is 22.5 Å². The molecule has 7 N–H and O–H groups in total. The van der Waals surface area contributed by atoms with E-state index in [1.807, 2.05) is 61.5 Å². The highest BCUT2D eigenvalue weighted by molar-refractivity contribution is 6.16. The number of aryl methyl sites for hydroxylation is 1. The monoisotopic (exact) mass is 776 g/mol. The number of rotatable bonds is 12. The van der Waals surface area contributed by atoms with E-state index < -0.39 is 0 Å². The lowest BCUT2D eigenvalue weighted by atomic mass is 10.1. The predicted molar refractivity (Wildman–Crippen MR) is 216 cm³/mol. The average Bonchev–Trinajstić information content (AvgIpc) is 4.04. The number of nitrogens with one attached hydrogen (secondary N) is 1. The molecule has 0 atom stereocenters. The number of nitrogens with zero attached hydrogens (tertiary/aromatic N) is 10. The van der Waals surface area contributed by atoms with Crippen molar-refractivity contribution >= 4 is 34.8 Å². The van der Waals surface area contributed by atoms with Gasteiger partial charge in [0, 0.05) is 41.9 Å². The third-order valence-electron chi connectivity index (χ3n) is 8.25. The fraction of sp³-hybridized carbons (Fsp3) is 0.282. The first-order chi connectivity index (χ1) is 27.3. The molecule has 0 aliphatic carbocycles. The van der Waals surface area contributed by atoms with Crippen LogP contribution in [-0.4, -0.2) is 62.2 Å². The lowest BCUT2D eigenvalue weighted by Crippen LogP contribution is -2.15. The highest BCUT2D eigenvalue weighted by Gasteiger charge is 2.18. The molecule has 8 aromatic heterocycles. The molecule has 8 aromatic rings. The molecule has 8 rings (SSSR count). The van der Waals surface area contributed by atoms with E-state index in [1.165, 1.54) is 0 Å². The number of pyridine rings is 2. The van der Waals surface area contributed by atoms with Crippen LogP contribution in [-0.2, 0) is 25.3 Å². The van der Waals surface area contributed by atoms with Crippen molar-refractivity contribution < 1.29 is 8.83 Å². The second-order valence-electron chi connectivity index (χ2n) is 12.7. The standard InChI is InChI=1S/C19H21N7O.C17H15ClN6O.C3H9N/c1-2-8-21-12-15-6-3-5-14(23-15)10-13-11-22-26-17(13)24-19(20)25-18(26)16-7-4-9-27-16;1-10-5-6-14(25-10)16-23-17(19)22-15-11(9-20-24(15)16)7-12-3-2-4-13(8-18)21-12;1-2-3-4/h3-7,9,11,21H,2,8,10,12H2,1H3,(H2,20,24);2-6,9H,7-8H2,1H3,(H2,19,22);2-4H2,1H3. The third-order valence-corrected chi connectivity index (χ3v) is 8.52. The molecule has 0 spiro atoms. The second-order valence-corrected chi connectivity index (χ2v) is 13.0. The van der Waals surface area contributed by atoms with Crippen LogP contribution in [0.15, 0.2) is 88.2 Å². The van der Waals surface area contributed by atoms with E-state index in [4.69, 9.17) is 42.6 Å². The minimum absolute atomic E-state index is 0.167. The van der Waals surface area contributed by atoms with Gasteiger partial charge < -0.3 is 31.4 Å². The van der Waals surface area contributed by atoms with E-state index in [0.29, 0.717) is 53.2 Å². The van der Waals surface area contributed by atoms with Gasteiger partial charge in [0.15, 0.2) is 22.8 Å². The van der Waals surface area contributed by atoms with Crippen LogP contribution in [0.2, 0.25) is 0 Å². The van der Waals surface area contributed by atoms with Gasteiger partial charge in [-0.05, 0) is 81.4 Å². The van der Waals surface area contributed by atoms with E-state index >= 15 is 0 Å². The molecule has 290 valence electrons. The number of halogens is 1. The van der Waals surface area contributed by atoms with Gasteiger partial charge in [0.05, 0.1) is 35.9 Å². The number of hydrogen-bond donors (Lipinski definition) is 4. The number of alkyl halides is 1. The van der Waals surface area contributed by atoms with Crippen LogP contribution in [0, 0.1) is 6.92 Å². The molecule has 0 aliphatic rings. The maximum Gasteiger partial charge on any atom is 0.224 e. The van der Waals surface area contributed by atoms with Crippen molar-refractivity contribution in [1.82, 2.24) is 54.4 Å². The molecular weight excluding hydrogens is 732 g/mol. The normalized spacial score (nSPS) is 11.0. The van der Waals surface area contributed by atoms with Crippen LogP contribution in [0.3, 0.4) is 0 Å². The van der Waals surface area contributed by atoms with Crippen molar-refractivity contribution in [2.75, 3.05) is 24.6 Å². The van der Waals surface area contributed by atoms with Crippen LogP contribution >= 0.6 is 11.6 Å².